The number of alkyl halides is 3. The van der Waals surface area contributed by atoms with Gasteiger partial charge in [-0.2, -0.15) is 13.2 Å². The Morgan fingerprint density at radius 2 is 1.94 bits per heavy atom. The van der Waals surface area contributed by atoms with Crippen LogP contribution in [0.5, 0.6) is 0 Å². The Labute approximate surface area is 196 Å². The SMILES string of the molecule is C[C@@H]1OC(=O)[C@H]2C[C@H]3CC[C@H](O)C[C@@H]3[C@@H](/C=C/c3ccc(-c4cccc(C(F)(F)F)c4)cn3)[C@@H]12. The van der Waals surface area contributed by atoms with Gasteiger partial charge in [-0.15, -0.1) is 0 Å². The Kier molecular flexibility index (Phi) is 6.00. The smallest absolute Gasteiger partial charge is 0.416 e. The third kappa shape index (κ3) is 4.38. The fourth-order valence-corrected chi connectivity index (χ4v) is 6.32. The Bertz CT molecular complexity index is 1080. The minimum Gasteiger partial charge on any atom is -0.462 e. The molecule has 3 aliphatic rings. The second-order valence-electron chi connectivity index (χ2n) is 9.94. The molecular formula is C27H28F3NO3. The van der Waals surface area contributed by atoms with Gasteiger partial charge in [0.25, 0.3) is 0 Å². The first-order valence-corrected chi connectivity index (χ1v) is 11.9. The molecule has 7 heteroatoms. The molecule has 0 amide bonds. The number of aliphatic hydroxyl groups excluding tert-OH is 1. The number of rotatable bonds is 3. The molecule has 1 aromatic carbocycles. The summed E-state index contributed by atoms with van der Waals surface area (Å²) in [6.45, 7) is 1.95. The third-order valence-electron chi connectivity index (χ3n) is 7.93. The molecule has 5 rings (SSSR count). The number of benzene rings is 1. The van der Waals surface area contributed by atoms with Crippen molar-refractivity contribution < 1.29 is 27.8 Å². The second kappa shape index (κ2) is 8.84. The number of fused-ring (bicyclic) bond motifs is 2. The zero-order chi connectivity index (χ0) is 24.0. The van der Waals surface area contributed by atoms with Crippen LogP contribution >= 0.6 is 0 Å². The second-order valence-corrected chi connectivity index (χ2v) is 9.94. The summed E-state index contributed by atoms with van der Waals surface area (Å²) in [5.74, 6) is 0.669. The Morgan fingerprint density at radius 3 is 2.68 bits per heavy atom. The molecule has 1 aliphatic heterocycles. The van der Waals surface area contributed by atoms with E-state index in [9.17, 15) is 23.1 Å². The van der Waals surface area contributed by atoms with Crippen molar-refractivity contribution >= 4 is 12.0 Å². The fourth-order valence-electron chi connectivity index (χ4n) is 6.32. The maximum atomic E-state index is 13.0. The summed E-state index contributed by atoms with van der Waals surface area (Å²) < 4.78 is 44.7. The van der Waals surface area contributed by atoms with Crippen molar-refractivity contribution in [1.29, 1.82) is 0 Å². The molecule has 0 spiro atoms. The minimum absolute atomic E-state index is 0.0830. The molecule has 1 aromatic heterocycles. The highest BCUT2D eigenvalue weighted by Crippen LogP contribution is 2.53. The van der Waals surface area contributed by atoms with Crippen LogP contribution in [-0.2, 0) is 15.7 Å². The zero-order valence-electron chi connectivity index (χ0n) is 18.9. The van der Waals surface area contributed by atoms with Gasteiger partial charge in [0.2, 0.25) is 0 Å². The maximum absolute atomic E-state index is 13.0. The van der Waals surface area contributed by atoms with Crippen LogP contribution in [0.15, 0.2) is 48.7 Å². The lowest BCUT2D eigenvalue weighted by Gasteiger charge is -2.46. The maximum Gasteiger partial charge on any atom is 0.416 e. The normalized spacial score (nSPS) is 33.4. The molecule has 1 saturated heterocycles. The van der Waals surface area contributed by atoms with E-state index in [0.717, 1.165) is 37.8 Å². The van der Waals surface area contributed by atoms with Crippen molar-refractivity contribution in [2.75, 3.05) is 0 Å². The molecule has 180 valence electrons. The summed E-state index contributed by atoms with van der Waals surface area (Å²) in [4.78, 5) is 16.9. The van der Waals surface area contributed by atoms with Crippen molar-refractivity contribution in [1.82, 2.24) is 4.98 Å². The molecule has 0 bridgehead atoms. The standard InChI is InChI=1S/C27H28F3NO3/c1-15-25-22(23-13-21(32)9-6-17(23)12-24(25)26(33)34-15)10-8-20-7-5-18(14-31-20)16-3-2-4-19(11-16)27(28,29)30/h2-5,7-8,10-11,14-15,17,21-25,32H,6,9,12-13H2,1H3/b10-8+/t15-,17+,21-,22+,23-,24-,25+/m0/s1. The zero-order valence-corrected chi connectivity index (χ0v) is 18.9. The van der Waals surface area contributed by atoms with Crippen molar-refractivity contribution in [2.45, 2.75) is 51.0 Å². The first kappa shape index (κ1) is 23.1. The summed E-state index contributed by atoms with van der Waals surface area (Å²) in [6.07, 6.45) is 4.01. The molecule has 3 fully saturated rings. The van der Waals surface area contributed by atoms with Gasteiger partial charge in [-0.05, 0) is 80.2 Å². The number of cyclic esters (lactones) is 1. The van der Waals surface area contributed by atoms with E-state index in [0.29, 0.717) is 28.7 Å². The molecule has 0 radical (unpaired) electrons. The van der Waals surface area contributed by atoms with Crippen LogP contribution in [0.4, 0.5) is 13.2 Å². The summed E-state index contributed by atoms with van der Waals surface area (Å²) in [6, 6.07) is 8.77. The Morgan fingerprint density at radius 1 is 1.12 bits per heavy atom. The predicted molar refractivity (Wildman–Crippen MR) is 121 cm³/mol. The highest BCUT2D eigenvalue weighted by atomic mass is 19.4. The van der Waals surface area contributed by atoms with Crippen molar-refractivity contribution in [2.24, 2.45) is 29.6 Å². The third-order valence-corrected chi connectivity index (χ3v) is 7.93. The summed E-state index contributed by atoms with van der Waals surface area (Å²) in [5, 5.41) is 10.3. The number of allylic oxidation sites excluding steroid dienone is 1. The minimum atomic E-state index is -4.39. The van der Waals surface area contributed by atoms with Crippen LogP contribution in [0.2, 0.25) is 0 Å². The van der Waals surface area contributed by atoms with E-state index in [1.54, 1.807) is 24.4 Å². The van der Waals surface area contributed by atoms with Crippen LogP contribution in [0.3, 0.4) is 0 Å². The number of carbonyl (C=O) groups excluding carboxylic acids is 1. The lowest BCUT2D eigenvalue weighted by molar-refractivity contribution is -0.144. The first-order chi connectivity index (χ1) is 16.2. The molecule has 34 heavy (non-hydrogen) atoms. The van der Waals surface area contributed by atoms with Gasteiger partial charge in [0.05, 0.1) is 23.3 Å². The number of pyridine rings is 1. The molecule has 2 aromatic rings. The van der Waals surface area contributed by atoms with Gasteiger partial charge >= 0.3 is 12.1 Å². The van der Waals surface area contributed by atoms with E-state index >= 15 is 0 Å². The number of hydrogen-bond donors (Lipinski definition) is 1. The molecule has 7 atom stereocenters. The van der Waals surface area contributed by atoms with Gasteiger partial charge in [0.1, 0.15) is 6.10 Å². The van der Waals surface area contributed by atoms with Crippen molar-refractivity contribution in [3.05, 3.63) is 59.9 Å². The van der Waals surface area contributed by atoms with E-state index < -0.39 is 11.7 Å². The summed E-state index contributed by atoms with van der Waals surface area (Å²) >= 11 is 0. The number of aromatic nitrogens is 1. The van der Waals surface area contributed by atoms with Gasteiger partial charge in [0.15, 0.2) is 0 Å². The van der Waals surface area contributed by atoms with E-state index in [2.05, 4.69) is 11.1 Å². The molecular weight excluding hydrogens is 443 g/mol. The molecule has 1 N–H and O–H groups in total. The van der Waals surface area contributed by atoms with Crippen LogP contribution in [0.1, 0.15) is 43.9 Å². The summed E-state index contributed by atoms with van der Waals surface area (Å²) in [7, 11) is 0. The van der Waals surface area contributed by atoms with E-state index in [4.69, 9.17) is 4.74 Å². The number of nitrogens with zero attached hydrogens (tertiary/aromatic N) is 1. The quantitative estimate of drug-likeness (QED) is 0.579. The topological polar surface area (TPSA) is 59.4 Å². The van der Waals surface area contributed by atoms with E-state index in [1.807, 2.05) is 13.0 Å². The van der Waals surface area contributed by atoms with Crippen molar-refractivity contribution in [3.8, 4) is 11.1 Å². The monoisotopic (exact) mass is 471 g/mol. The van der Waals surface area contributed by atoms with Gasteiger partial charge in [-0.25, -0.2) is 0 Å². The van der Waals surface area contributed by atoms with Crippen LogP contribution < -0.4 is 0 Å². The summed E-state index contributed by atoms with van der Waals surface area (Å²) in [5.41, 5.74) is 1.08. The van der Waals surface area contributed by atoms with Gasteiger partial charge < -0.3 is 9.84 Å². The fraction of sp³-hybridized carbons (Fsp3) is 0.481. The van der Waals surface area contributed by atoms with Crippen LogP contribution in [-0.4, -0.2) is 28.3 Å². The first-order valence-electron chi connectivity index (χ1n) is 11.9. The predicted octanol–water partition coefficient (Wildman–Crippen LogP) is 5.76. The number of hydrogen-bond acceptors (Lipinski definition) is 4. The van der Waals surface area contributed by atoms with E-state index in [1.165, 1.54) is 6.07 Å². The Balaban J connectivity index is 1.38. The van der Waals surface area contributed by atoms with Crippen LogP contribution in [0.25, 0.3) is 17.2 Å². The lowest BCUT2D eigenvalue weighted by Crippen LogP contribution is -2.45. The average molecular weight is 472 g/mol. The van der Waals surface area contributed by atoms with E-state index in [-0.39, 0.29) is 35.9 Å². The highest BCUT2D eigenvalue weighted by molar-refractivity contribution is 5.75. The Hall–Kier alpha value is -2.67. The van der Waals surface area contributed by atoms with Gasteiger partial charge in [-0.1, -0.05) is 24.3 Å². The van der Waals surface area contributed by atoms with Crippen LogP contribution in [0, 0.1) is 29.6 Å². The molecule has 2 aliphatic carbocycles. The number of carbonyl (C=O) groups is 1. The van der Waals surface area contributed by atoms with Gasteiger partial charge in [-0.3, -0.25) is 9.78 Å². The molecule has 4 nitrogen and oxygen atoms in total. The van der Waals surface area contributed by atoms with Crippen molar-refractivity contribution in [3.63, 3.8) is 0 Å². The molecule has 2 heterocycles. The number of aliphatic hydroxyl groups is 1. The molecule has 0 unspecified atom stereocenters. The lowest BCUT2D eigenvalue weighted by atomic mass is 9.57. The van der Waals surface area contributed by atoms with Gasteiger partial charge in [0, 0.05) is 17.7 Å². The highest BCUT2D eigenvalue weighted by Gasteiger charge is 2.54. The number of esters is 1. The molecule has 2 saturated carbocycles. The largest absolute Gasteiger partial charge is 0.462 e. The number of halogens is 3. The number of ether oxygens (including phenoxy) is 1. The average Bonchev–Trinajstić information content (AvgIpc) is 3.10.